The highest BCUT2D eigenvalue weighted by Crippen LogP contribution is 2.30. The third-order valence-electron chi connectivity index (χ3n) is 3.86. The molecule has 0 radical (unpaired) electrons. The molecule has 1 unspecified atom stereocenters. The van der Waals surface area contributed by atoms with Gasteiger partial charge in [0.25, 0.3) is 0 Å². The monoisotopic (exact) mass is 312 g/mol. The lowest BCUT2D eigenvalue weighted by molar-refractivity contribution is -0.148. The van der Waals surface area contributed by atoms with Crippen LogP contribution in [0.5, 0.6) is 0 Å². The van der Waals surface area contributed by atoms with Crippen LogP contribution < -0.4 is 0 Å². The summed E-state index contributed by atoms with van der Waals surface area (Å²) in [5, 5.41) is 0. The van der Waals surface area contributed by atoms with Gasteiger partial charge in [-0.1, -0.05) is 42.3 Å². The smallest absolute Gasteiger partial charge is 0.304 e. The molecule has 1 atom stereocenters. The Hall–Kier alpha value is -2.05. The van der Waals surface area contributed by atoms with E-state index in [4.69, 9.17) is 9.47 Å². The lowest BCUT2D eigenvalue weighted by Gasteiger charge is -2.28. The van der Waals surface area contributed by atoms with Crippen LogP contribution in [0.4, 0.5) is 0 Å². The molecule has 1 aromatic carbocycles. The molecule has 0 saturated carbocycles. The summed E-state index contributed by atoms with van der Waals surface area (Å²) < 4.78 is 11.1. The molecule has 0 saturated heterocycles. The molecule has 0 amide bonds. The number of benzene rings is 1. The normalized spacial score (nSPS) is 16.5. The largest absolute Gasteiger partial charge is 0.442 e. The van der Waals surface area contributed by atoms with Gasteiger partial charge in [0.2, 0.25) is 0 Å². The minimum Gasteiger partial charge on any atom is -0.442 e. The number of rotatable bonds is 5. The van der Waals surface area contributed by atoms with E-state index in [0.717, 1.165) is 30.4 Å². The van der Waals surface area contributed by atoms with E-state index in [1.165, 1.54) is 13.3 Å². The maximum atomic E-state index is 11.4. The maximum absolute atomic E-state index is 11.4. The van der Waals surface area contributed by atoms with Gasteiger partial charge in [0, 0.05) is 6.92 Å². The van der Waals surface area contributed by atoms with Crippen LogP contribution in [0.3, 0.4) is 0 Å². The molecule has 122 valence electrons. The quantitative estimate of drug-likeness (QED) is 0.356. The zero-order valence-corrected chi connectivity index (χ0v) is 13.9. The fourth-order valence-electron chi connectivity index (χ4n) is 2.73. The van der Waals surface area contributed by atoms with E-state index in [2.05, 4.69) is 17.9 Å². The van der Waals surface area contributed by atoms with Gasteiger partial charge in [0.05, 0.1) is 6.61 Å². The van der Waals surface area contributed by atoms with Crippen molar-refractivity contribution >= 4 is 5.97 Å². The molecule has 3 heteroatoms. The fraction of sp³-hybridized carbons (Fsp3) is 0.450. The molecule has 0 fully saturated rings. The highest BCUT2D eigenvalue weighted by molar-refractivity contribution is 5.67. The van der Waals surface area contributed by atoms with E-state index in [1.54, 1.807) is 0 Å². The fourth-order valence-corrected chi connectivity index (χ4v) is 2.73. The molecule has 1 aromatic rings. The first-order valence-electron chi connectivity index (χ1n) is 8.11. The first-order valence-corrected chi connectivity index (χ1v) is 8.11. The third-order valence-corrected chi connectivity index (χ3v) is 3.86. The summed E-state index contributed by atoms with van der Waals surface area (Å²) in [5.74, 6) is 5.80. The molecule has 0 aliphatic heterocycles. The van der Waals surface area contributed by atoms with Gasteiger partial charge in [-0.2, -0.15) is 0 Å². The lowest BCUT2D eigenvalue weighted by Crippen LogP contribution is -2.32. The van der Waals surface area contributed by atoms with Gasteiger partial charge in [-0.15, -0.1) is 0 Å². The standard InChI is InChI=1S/C20H24O3/c1-17(21)23-20(2,19-12-7-4-8-13-19)14-9-15-22-16-18-10-5-3-6-11-18/h3,5-6,10-12H,4,7-8,13,15-16H2,1-2H3. The first kappa shape index (κ1) is 17.3. The van der Waals surface area contributed by atoms with Crippen LogP contribution in [0, 0.1) is 11.8 Å². The minimum absolute atomic E-state index is 0.307. The Morgan fingerprint density at radius 2 is 2.04 bits per heavy atom. The second kappa shape index (κ2) is 8.55. The Kier molecular flexibility index (Phi) is 6.43. The van der Waals surface area contributed by atoms with Gasteiger partial charge < -0.3 is 9.47 Å². The van der Waals surface area contributed by atoms with E-state index in [1.807, 2.05) is 37.3 Å². The van der Waals surface area contributed by atoms with Gasteiger partial charge in [0.15, 0.2) is 5.60 Å². The molecule has 1 aliphatic rings. The topological polar surface area (TPSA) is 35.5 Å². The Balaban J connectivity index is 1.95. The molecule has 0 heterocycles. The van der Waals surface area contributed by atoms with Crippen LogP contribution >= 0.6 is 0 Å². The van der Waals surface area contributed by atoms with Crippen molar-refractivity contribution in [3.05, 3.63) is 47.5 Å². The van der Waals surface area contributed by atoms with Crippen LogP contribution in [0.2, 0.25) is 0 Å². The van der Waals surface area contributed by atoms with Crippen molar-refractivity contribution < 1.29 is 14.3 Å². The molecule has 0 aromatic heterocycles. The maximum Gasteiger partial charge on any atom is 0.304 e. The number of carbonyl (C=O) groups is 1. The van der Waals surface area contributed by atoms with Crippen LogP contribution in [-0.4, -0.2) is 18.2 Å². The number of esters is 1. The zero-order chi connectivity index (χ0) is 16.5. The van der Waals surface area contributed by atoms with Crippen molar-refractivity contribution in [2.45, 2.75) is 51.7 Å². The summed E-state index contributed by atoms with van der Waals surface area (Å²) in [6.07, 6.45) is 6.43. The predicted molar refractivity (Wildman–Crippen MR) is 90.6 cm³/mol. The van der Waals surface area contributed by atoms with Crippen LogP contribution in [0.1, 0.15) is 45.1 Å². The van der Waals surface area contributed by atoms with Crippen molar-refractivity contribution in [3.63, 3.8) is 0 Å². The Morgan fingerprint density at radius 3 is 2.70 bits per heavy atom. The van der Waals surface area contributed by atoms with E-state index in [0.29, 0.717) is 13.2 Å². The van der Waals surface area contributed by atoms with Crippen molar-refractivity contribution in [2.75, 3.05) is 6.61 Å². The molecule has 2 rings (SSSR count). The second-order valence-electron chi connectivity index (χ2n) is 5.88. The molecule has 1 aliphatic carbocycles. The molecule has 0 N–H and O–H groups in total. The highest BCUT2D eigenvalue weighted by atomic mass is 16.6. The van der Waals surface area contributed by atoms with Gasteiger partial charge in [-0.25, -0.2) is 0 Å². The van der Waals surface area contributed by atoms with Crippen molar-refractivity contribution in [1.82, 2.24) is 0 Å². The van der Waals surface area contributed by atoms with E-state index < -0.39 is 5.60 Å². The summed E-state index contributed by atoms with van der Waals surface area (Å²) in [5.41, 5.74) is 1.39. The van der Waals surface area contributed by atoms with Gasteiger partial charge >= 0.3 is 5.97 Å². The van der Waals surface area contributed by atoms with Crippen molar-refractivity contribution in [1.29, 1.82) is 0 Å². The van der Waals surface area contributed by atoms with Crippen LogP contribution in [0.15, 0.2) is 42.0 Å². The summed E-state index contributed by atoms with van der Waals surface area (Å²) in [6.45, 7) is 4.15. The zero-order valence-electron chi connectivity index (χ0n) is 13.9. The number of carbonyl (C=O) groups excluding carboxylic acids is 1. The average molecular weight is 312 g/mol. The van der Waals surface area contributed by atoms with Gasteiger partial charge in [0.1, 0.15) is 6.61 Å². The second-order valence-corrected chi connectivity index (χ2v) is 5.88. The molecule has 3 nitrogen and oxygen atoms in total. The molecule has 0 bridgehead atoms. The number of ether oxygens (including phenoxy) is 2. The lowest BCUT2D eigenvalue weighted by atomic mass is 9.87. The van der Waals surface area contributed by atoms with Gasteiger partial charge in [-0.3, -0.25) is 4.79 Å². The SMILES string of the molecule is CC(=O)OC(C)(C#CCOCc1ccccc1)C1=CCCCC1. The summed E-state index contributed by atoms with van der Waals surface area (Å²) >= 11 is 0. The summed E-state index contributed by atoms with van der Waals surface area (Å²) in [7, 11) is 0. The Labute approximate surface area is 138 Å². The van der Waals surface area contributed by atoms with E-state index >= 15 is 0 Å². The number of allylic oxidation sites excluding steroid dienone is 1. The van der Waals surface area contributed by atoms with Gasteiger partial charge in [-0.05, 0) is 49.7 Å². The summed E-state index contributed by atoms with van der Waals surface area (Å²) in [6, 6.07) is 9.98. The highest BCUT2D eigenvalue weighted by Gasteiger charge is 2.30. The van der Waals surface area contributed by atoms with Crippen LogP contribution in [-0.2, 0) is 20.9 Å². The Morgan fingerprint density at radius 1 is 1.26 bits per heavy atom. The Bertz CT molecular complexity index is 607. The van der Waals surface area contributed by atoms with Crippen molar-refractivity contribution in [2.24, 2.45) is 0 Å². The molecular weight excluding hydrogens is 288 g/mol. The molecule has 23 heavy (non-hydrogen) atoms. The minimum atomic E-state index is -0.831. The first-order chi connectivity index (χ1) is 11.1. The summed E-state index contributed by atoms with van der Waals surface area (Å²) in [4.78, 5) is 11.4. The number of hydrogen-bond donors (Lipinski definition) is 0. The molecular formula is C20H24O3. The van der Waals surface area contributed by atoms with E-state index in [-0.39, 0.29) is 5.97 Å². The number of hydrogen-bond acceptors (Lipinski definition) is 3. The van der Waals surface area contributed by atoms with Crippen molar-refractivity contribution in [3.8, 4) is 11.8 Å². The van der Waals surface area contributed by atoms with Crippen LogP contribution in [0.25, 0.3) is 0 Å². The predicted octanol–water partition coefficient (Wildman–Crippen LogP) is 4.03. The molecule has 0 spiro atoms. The van der Waals surface area contributed by atoms with E-state index in [9.17, 15) is 4.79 Å². The average Bonchev–Trinajstić information content (AvgIpc) is 2.56. The third kappa shape index (κ3) is 5.58.